The summed E-state index contributed by atoms with van der Waals surface area (Å²) in [6.45, 7) is 6.52. The highest BCUT2D eigenvalue weighted by Gasteiger charge is 2.19. The fraction of sp³-hybridized carbons (Fsp3) is 0.783. The molecule has 6 heteroatoms. The Morgan fingerprint density at radius 1 is 0.318 bits per heavy atom. The van der Waals surface area contributed by atoms with Crippen LogP contribution in [0, 0.1) is 0 Å². The molecule has 0 spiro atoms. The van der Waals surface area contributed by atoms with Crippen molar-refractivity contribution in [1.82, 2.24) is 0 Å². The van der Waals surface area contributed by atoms with Gasteiger partial charge in [-0.1, -0.05) is 242 Å². The summed E-state index contributed by atoms with van der Waals surface area (Å²) in [6, 6.07) is 0. The van der Waals surface area contributed by atoms with Crippen molar-refractivity contribution < 1.29 is 28.6 Å². The van der Waals surface area contributed by atoms with Crippen LogP contribution in [0.1, 0.15) is 284 Å². The first-order valence-corrected chi connectivity index (χ1v) is 28.3. The van der Waals surface area contributed by atoms with E-state index in [2.05, 4.69) is 81.5 Å². The molecular formula is C60H106O6. The molecule has 0 bridgehead atoms. The molecule has 0 N–H and O–H groups in total. The van der Waals surface area contributed by atoms with Gasteiger partial charge < -0.3 is 14.2 Å². The van der Waals surface area contributed by atoms with E-state index < -0.39 is 6.10 Å². The lowest BCUT2D eigenvalue weighted by molar-refractivity contribution is -0.167. The summed E-state index contributed by atoms with van der Waals surface area (Å²) < 4.78 is 16.8. The van der Waals surface area contributed by atoms with Crippen LogP contribution in [0.5, 0.6) is 0 Å². The van der Waals surface area contributed by atoms with E-state index in [4.69, 9.17) is 14.2 Å². The van der Waals surface area contributed by atoms with E-state index in [0.29, 0.717) is 19.3 Å². The summed E-state index contributed by atoms with van der Waals surface area (Å²) in [4.78, 5) is 38.1. The van der Waals surface area contributed by atoms with Gasteiger partial charge in [-0.2, -0.15) is 0 Å². The van der Waals surface area contributed by atoms with E-state index >= 15 is 0 Å². The summed E-state index contributed by atoms with van der Waals surface area (Å²) in [5.74, 6) is -0.904. The van der Waals surface area contributed by atoms with Gasteiger partial charge in [0, 0.05) is 19.3 Å². The maximum Gasteiger partial charge on any atom is 0.306 e. The summed E-state index contributed by atoms with van der Waals surface area (Å²) in [7, 11) is 0. The van der Waals surface area contributed by atoms with Crippen LogP contribution in [0.25, 0.3) is 0 Å². The molecule has 0 aliphatic heterocycles. The molecule has 1 atom stereocenters. The predicted molar refractivity (Wildman–Crippen MR) is 284 cm³/mol. The van der Waals surface area contributed by atoms with E-state index in [1.165, 1.54) is 141 Å². The monoisotopic (exact) mass is 923 g/mol. The van der Waals surface area contributed by atoms with E-state index in [9.17, 15) is 14.4 Å². The first-order chi connectivity index (χ1) is 32.5. The molecule has 382 valence electrons. The van der Waals surface area contributed by atoms with Gasteiger partial charge in [0.1, 0.15) is 13.2 Å². The minimum absolute atomic E-state index is 0.0842. The lowest BCUT2D eigenvalue weighted by Gasteiger charge is -2.18. The van der Waals surface area contributed by atoms with Gasteiger partial charge in [-0.3, -0.25) is 14.4 Å². The Bertz CT molecular complexity index is 1200. The van der Waals surface area contributed by atoms with Crippen molar-refractivity contribution in [2.24, 2.45) is 0 Å². The molecule has 6 nitrogen and oxygen atoms in total. The van der Waals surface area contributed by atoms with Crippen molar-refractivity contribution in [2.75, 3.05) is 13.2 Å². The third kappa shape index (κ3) is 52.1. The van der Waals surface area contributed by atoms with Crippen molar-refractivity contribution >= 4 is 17.9 Å². The van der Waals surface area contributed by atoms with E-state index in [1.807, 2.05) is 0 Å². The number of carbonyl (C=O) groups excluding carboxylic acids is 3. The number of allylic oxidation sites excluding steroid dienone is 10. The van der Waals surface area contributed by atoms with Crippen molar-refractivity contribution in [2.45, 2.75) is 290 Å². The third-order valence-electron chi connectivity index (χ3n) is 12.3. The first kappa shape index (κ1) is 63.1. The Balaban J connectivity index is 4.41. The van der Waals surface area contributed by atoms with Crippen LogP contribution in [-0.2, 0) is 28.6 Å². The smallest absolute Gasteiger partial charge is 0.306 e. The number of rotatable bonds is 51. The number of hydrogen-bond acceptors (Lipinski definition) is 6. The lowest BCUT2D eigenvalue weighted by Crippen LogP contribution is -2.30. The predicted octanol–water partition coefficient (Wildman–Crippen LogP) is 18.8. The molecular weight excluding hydrogens is 817 g/mol. The third-order valence-corrected chi connectivity index (χ3v) is 12.3. The normalized spacial score (nSPS) is 12.5. The first-order valence-electron chi connectivity index (χ1n) is 28.3. The second kappa shape index (κ2) is 54.7. The molecule has 0 aliphatic carbocycles. The Hall–Kier alpha value is -2.89. The zero-order valence-electron chi connectivity index (χ0n) is 43.7. The number of esters is 3. The number of unbranched alkanes of at least 4 members (excludes halogenated alkanes) is 30. The molecule has 0 heterocycles. The average Bonchev–Trinajstić information content (AvgIpc) is 3.31. The van der Waals surface area contributed by atoms with Crippen molar-refractivity contribution in [3.63, 3.8) is 0 Å². The van der Waals surface area contributed by atoms with Crippen LogP contribution >= 0.6 is 0 Å². The molecule has 0 saturated carbocycles. The largest absolute Gasteiger partial charge is 0.462 e. The fourth-order valence-electron chi connectivity index (χ4n) is 8.02. The molecule has 1 unspecified atom stereocenters. The maximum atomic E-state index is 12.8. The highest BCUT2D eigenvalue weighted by Crippen LogP contribution is 2.16. The number of carbonyl (C=O) groups is 3. The standard InChI is InChI=1S/C60H106O6/c1-4-7-10-13-16-19-22-25-28-30-32-35-38-41-44-47-50-53-59(62)65-56-57(55-64-58(61)52-49-46-43-40-37-34-27-24-21-18-15-12-9-6-3)66-60(63)54-51-48-45-42-39-36-33-31-29-26-23-20-17-14-11-8-5-2/h7,10,16,19,24-25,27-28,32,35,57H,4-6,8-9,11-15,17-18,20-23,26,29-31,33-34,36-56H2,1-3H3/b10-7-,19-16-,27-24-,28-25-,35-32-. The van der Waals surface area contributed by atoms with Crippen molar-refractivity contribution in [1.29, 1.82) is 0 Å². The van der Waals surface area contributed by atoms with Crippen LogP contribution in [0.3, 0.4) is 0 Å². The van der Waals surface area contributed by atoms with Crippen LogP contribution in [-0.4, -0.2) is 37.2 Å². The van der Waals surface area contributed by atoms with Gasteiger partial charge >= 0.3 is 17.9 Å². The Morgan fingerprint density at radius 3 is 0.939 bits per heavy atom. The molecule has 0 radical (unpaired) electrons. The summed E-state index contributed by atoms with van der Waals surface area (Å²) in [5.41, 5.74) is 0. The molecule has 0 aromatic heterocycles. The topological polar surface area (TPSA) is 78.9 Å². The van der Waals surface area contributed by atoms with E-state index in [0.717, 1.165) is 103 Å². The molecule has 0 rings (SSSR count). The maximum absolute atomic E-state index is 12.8. The van der Waals surface area contributed by atoms with Gasteiger partial charge in [-0.15, -0.1) is 0 Å². The molecule has 0 amide bonds. The van der Waals surface area contributed by atoms with Gasteiger partial charge in [0.15, 0.2) is 6.10 Å². The SMILES string of the molecule is CC/C=C\C/C=C\C/C=C\C/C=C\CCCCCCC(=O)OCC(COC(=O)CCCCCCC/C=C\CCCCCCC)OC(=O)CCCCCCCCCCCCCCCCCCC. The van der Waals surface area contributed by atoms with Crippen LogP contribution < -0.4 is 0 Å². The van der Waals surface area contributed by atoms with Gasteiger partial charge in [0.05, 0.1) is 0 Å². The van der Waals surface area contributed by atoms with E-state index in [-0.39, 0.29) is 31.1 Å². The van der Waals surface area contributed by atoms with Crippen LogP contribution in [0.4, 0.5) is 0 Å². The fourth-order valence-corrected chi connectivity index (χ4v) is 8.02. The highest BCUT2D eigenvalue weighted by molar-refractivity contribution is 5.71. The summed E-state index contributed by atoms with van der Waals surface area (Å²) >= 11 is 0. The van der Waals surface area contributed by atoms with Gasteiger partial charge in [-0.05, 0) is 83.5 Å². The second-order valence-corrected chi connectivity index (χ2v) is 18.8. The van der Waals surface area contributed by atoms with Gasteiger partial charge in [-0.25, -0.2) is 0 Å². The highest BCUT2D eigenvalue weighted by atomic mass is 16.6. The molecule has 66 heavy (non-hydrogen) atoms. The van der Waals surface area contributed by atoms with Crippen LogP contribution in [0.15, 0.2) is 60.8 Å². The zero-order valence-corrected chi connectivity index (χ0v) is 43.7. The minimum atomic E-state index is -0.785. The Labute approximate surface area is 409 Å². The second-order valence-electron chi connectivity index (χ2n) is 18.8. The quantitative estimate of drug-likeness (QED) is 0.0262. The molecule has 0 fully saturated rings. The van der Waals surface area contributed by atoms with E-state index in [1.54, 1.807) is 0 Å². The van der Waals surface area contributed by atoms with Crippen molar-refractivity contribution in [3.8, 4) is 0 Å². The lowest BCUT2D eigenvalue weighted by atomic mass is 10.0. The van der Waals surface area contributed by atoms with Crippen LogP contribution in [0.2, 0.25) is 0 Å². The zero-order chi connectivity index (χ0) is 47.9. The molecule has 0 aliphatic rings. The van der Waals surface area contributed by atoms with Crippen molar-refractivity contribution in [3.05, 3.63) is 60.8 Å². The number of ether oxygens (including phenoxy) is 3. The average molecular weight is 924 g/mol. The number of hydrogen-bond donors (Lipinski definition) is 0. The molecule has 0 aromatic rings. The minimum Gasteiger partial charge on any atom is -0.462 e. The summed E-state index contributed by atoms with van der Waals surface area (Å²) in [5, 5.41) is 0. The van der Waals surface area contributed by atoms with Gasteiger partial charge in [0.25, 0.3) is 0 Å². The Kier molecular flexibility index (Phi) is 52.3. The Morgan fingerprint density at radius 2 is 0.591 bits per heavy atom. The molecule has 0 saturated heterocycles. The molecule has 0 aromatic carbocycles. The summed E-state index contributed by atoms with van der Waals surface area (Å²) in [6.07, 6.45) is 67.8. The van der Waals surface area contributed by atoms with Gasteiger partial charge in [0.2, 0.25) is 0 Å².